The molecule has 200 valence electrons. The molecule has 39 heavy (non-hydrogen) atoms. The number of halogens is 1. The Morgan fingerprint density at radius 1 is 1.00 bits per heavy atom. The highest BCUT2D eigenvalue weighted by atomic mass is 35.5. The molecule has 2 amide bonds. The van der Waals surface area contributed by atoms with Crippen molar-refractivity contribution < 1.29 is 19.8 Å². The number of carbonyl (C=O) groups is 2. The summed E-state index contributed by atoms with van der Waals surface area (Å²) in [6.45, 7) is 2.07. The predicted octanol–water partition coefficient (Wildman–Crippen LogP) is 3.60. The molecule has 0 fully saturated rings. The number of nitrogens with zero attached hydrogens (tertiary/aromatic N) is 3. The molecule has 0 spiro atoms. The van der Waals surface area contributed by atoms with E-state index in [1.165, 1.54) is 4.90 Å². The number of benzene rings is 3. The first-order valence-corrected chi connectivity index (χ1v) is 13.1. The number of rotatable bonds is 7. The molecule has 1 unspecified atom stereocenters. The van der Waals surface area contributed by atoms with E-state index in [4.69, 9.17) is 11.6 Å². The Labute approximate surface area is 231 Å². The van der Waals surface area contributed by atoms with Gasteiger partial charge in [-0.15, -0.1) is 0 Å². The number of carbonyl (C=O) groups excluding carboxylic acids is 2. The lowest BCUT2D eigenvalue weighted by Crippen LogP contribution is -2.53. The van der Waals surface area contributed by atoms with Crippen LogP contribution in [0.5, 0.6) is 0 Å². The average Bonchev–Trinajstić information content (AvgIpc) is 3.51. The lowest BCUT2D eigenvalue weighted by Gasteiger charge is -2.39. The van der Waals surface area contributed by atoms with Gasteiger partial charge >= 0.3 is 0 Å². The number of hydrogen-bond acceptors (Lipinski definition) is 5. The second kappa shape index (κ2) is 11.4. The van der Waals surface area contributed by atoms with Crippen LogP contribution < -0.4 is 5.32 Å². The van der Waals surface area contributed by atoms with E-state index in [9.17, 15) is 19.8 Å². The zero-order valence-electron chi connectivity index (χ0n) is 21.3. The molecule has 3 N–H and O–H groups in total. The van der Waals surface area contributed by atoms with Crippen molar-refractivity contribution in [3.63, 3.8) is 0 Å². The van der Waals surface area contributed by atoms with Crippen LogP contribution in [0.15, 0.2) is 91.3 Å². The maximum absolute atomic E-state index is 13.5. The van der Waals surface area contributed by atoms with Crippen LogP contribution in [0.4, 0.5) is 0 Å². The highest BCUT2D eigenvalue weighted by Crippen LogP contribution is 2.36. The number of aliphatic hydroxyl groups excluding tert-OH is 2. The summed E-state index contributed by atoms with van der Waals surface area (Å²) in [6.07, 6.45) is 0.176. The Hall–Kier alpha value is -3.98. The molecule has 0 aliphatic carbocycles. The minimum atomic E-state index is -1.94. The van der Waals surface area contributed by atoms with E-state index in [0.717, 1.165) is 27.9 Å². The van der Waals surface area contributed by atoms with E-state index in [0.29, 0.717) is 18.0 Å². The monoisotopic (exact) mass is 544 g/mol. The van der Waals surface area contributed by atoms with Gasteiger partial charge in [0.1, 0.15) is 0 Å². The standard InChI is InChI=1S/C30H29ClN4O4/c1-19(20-8-11-24(12-9-20)35-16-5-15-32-35)33-29(38)27(36)28(37)30(39)34-17-14-22-18-23(31)10-13-25(22)26(34)21-6-3-2-4-7-21/h2-13,15-16,18-19,26-28,36-37H,14,17H2,1H3,(H,33,38)/t19-,26?,27-,28-/m1/s1. The Morgan fingerprint density at radius 2 is 1.74 bits per heavy atom. The van der Waals surface area contributed by atoms with Crippen LogP contribution in [0.2, 0.25) is 5.02 Å². The third-order valence-electron chi connectivity index (χ3n) is 7.07. The summed E-state index contributed by atoms with van der Waals surface area (Å²) in [7, 11) is 0. The molecule has 0 bridgehead atoms. The Morgan fingerprint density at radius 3 is 2.44 bits per heavy atom. The van der Waals surface area contributed by atoms with Gasteiger partial charge in [0.2, 0.25) is 0 Å². The van der Waals surface area contributed by atoms with Crippen molar-refractivity contribution in [1.29, 1.82) is 0 Å². The number of aromatic nitrogens is 2. The summed E-state index contributed by atoms with van der Waals surface area (Å²) in [5, 5.41) is 29.1. The molecule has 4 aromatic rings. The molecule has 2 heterocycles. The normalized spacial score (nSPS) is 17.1. The Kier molecular flexibility index (Phi) is 7.79. The zero-order valence-corrected chi connectivity index (χ0v) is 22.1. The fraction of sp³-hybridized carbons (Fsp3) is 0.233. The zero-order chi connectivity index (χ0) is 27.5. The van der Waals surface area contributed by atoms with E-state index >= 15 is 0 Å². The van der Waals surface area contributed by atoms with Crippen molar-refractivity contribution in [2.24, 2.45) is 0 Å². The topological polar surface area (TPSA) is 108 Å². The van der Waals surface area contributed by atoms with E-state index in [1.807, 2.05) is 79.0 Å². The van der Waals surface area contributed by atoms with Gasteiger partial charge in [-0.05, 0) is 65.9 Å². The smallest absolute Gasteiger partial charge is 0.255 e. The molecule has 1 aliphatic rings. The maximum atomic E-state index is 13.5. The van der Waals surface area contributed by atoms with Gasteiger partial charge in [0.15, 0.2) is 12.2 Å². The molecule has 0 saturated heterocycles. The Bertz CT molecular complexity index is 1440. The van der Waals surface area contributed by atoms with Crippen molar-refractivity contribution in [3.8, 4) is 5.69 Å². The van der Waals surface area contributed by atoms with E-state index in [2.05, 4.69) is 10.4 Å². The van der Waals surface area contributed by atoms with Gasteiger partial charge in [0.25, 0.3) is 11.8 Å². The average molecular weight is 545 g/mol. The fourth-order valence-corrected chi connectivity index (χ4v) is 5.19. The molecule has 9 heteroatoms. The summed E-state index contributed by atoms with van der Waals surface area (Å²) in [4.78, 5) is 27.9. The summed E-state index contributed by atoms with van der Waals surface area (Å²) >= 11 is 6.21. The second-order valence-corrected chi connectivity index (χ2v) is 10.0. The third-order valence-corrected chi connectivity index (χ3v) is 7.31. The summed E-state index contributed by atoms with van der Waals surface area (Å²) in [5.74, 6) is -1.55. The Balaban J connectivity index is 1.30. The molecule has 4 atom stereocenters. The molecule has 8 nitrogen and oxygen atoms in total. The number of nitrogens with one attached hydrogen (secondary N) is 1. The molecule has 5 rings (SSSR count). The summed E-state index contributed by atoms with van der Waals surface area (Å²) < 4.78 is 1.72. The third kappa shape index (κ3) is 5.59. The molecular formula is C30H29ClN4O4. The first kappa shape index (κ1) is 26.6. The van der Waals surface area contributed by atoms with Crippen LogP contribution in [0.1, 0.15) is 41.3 Å². The number of hydrogen-bond donors (Lipinski definition) is 3. The van der Waals surface area contributed by atoms with Gasteiger partial charge in [-0.25, -0.2) is 4.68 Å². The number of fused-ring (bicyclic) bond motifs is 1. The van der Waals surface area contributed by atoms with Gasteiger partial charge in [0, 0.05) is 24.0 Å². The largest absolute Gasteiger partial charge is 0.380 e. The van der Waals surface area contributed by atoms with Crippen LogP contribution in [-0.2, 0) is 16.0 Å². The first-order chi connectivity index (χ1) is 18.8. The molecule has 0 radical (unpaired) electrons. The SMILES string of the molecule is C[C@@H](NC(=O)[C@H](O)[C@@H](O)C(=O)N1CCc2cc(Cl)ccc2C1c1ccccc1)c1ccc(-n2cccn2)cc1. The van der Waals surface area contributed by atoms with Crippen molar-refractivity contribution in [3.05, 3.63) is 119 Å². The van der Waals surface area contributed by atoms with Gasteiger partial charge in [-0.2, -0.15) is 5.10 Å². The maximum Gasteiger partial charge on any atom is 0.255 e. The van der Waals surface area contributed by atoms with Crippen molar-refractivity contribution in [1.82, 2.24) is 20.0 Å². The lowest BCUT2D eigenvalue weighted by molar-refractivity contribution is -0.155. The molecule has 3 aromatic carbocycles. The highest BCUT2D eigenvalue weighted by Gasteiger charge is 2.39. The molecule has 0 saturated carbocycles. The number of aliphatic hydroxyl groups is 2. The predicted molar refractivity (Wildman–Crippen MR) is 147 cm³/mol. The van der Waals surface area contributed by atoms with Crippen molar-refractivity contribution in [2.75, 3.05) is 6.54 Å². The van der Waals surface area contributed by atoms with Crippen LogP contribution in [0.3, 0.4) is 0 Å². The first-order valence-electron chi connectivity index (χ1n) is 12.7. The van der Waals surface area contributed by atoms with Gasteiger partial charge in [0.05, 0.1) is 17.8 Å². The van der Waals surface area contributed by atoms with Crippen LogP contribution in [0, 0.1) is 0 Å². The lowest BCUT2D eigenvalue weighted by atomic mass is 9.87. The van der Waals surface area contributed by atoms with Crippen LogP contribution in [0.25, 0.3) is 5.69 Å². The second-order valence-electron chi connectivity index (χ2n) is 9.60. The van der Waals surface area contributed by atoms with Gasteiger partial charge < -0.3 is 20.4 Å². The van der Waals surface area contributed by atoms with E-state index in [1.54, 1.807) is 23.9 Å². The molecular weight excluding hydrogens is 516 g/mol. The summed E-state index contributed by atoms with van der Waals surface area (Å²) in [5.41, 5.74) is 4.42. The van der Waals surface area contributed by atoms with Crippen molar-refractivity contribution >= 4 is 23.4 Å². The summed E-state index contributed by atoms with van der Waals surface area (Å²) in [6, 6.07) is 23.3. The highest BCUT2D eigenvalue weighted by molar-refractivity contribution is 6.30. The van der Waals surface area contributed by atoms with Crippen LogP contribution >= 0.6 is 11.6 Å². The quantitative estimate of drug-likeness (QED) is 0.329. The van der Waals surface area contributed by atoms with E-state index < -0.39 is 36.1 Å². The van der Waals surface area contributed by atoms with Gasteiger partial charge in [-0.3, -0.25) is 9.59 Å². The minimum Gasteiger partial charge on any atom is -0.380 e. The molecule has 1 aromatic heterocycles. The van der Waals surface area contributed by atoms with Crippen molar-refractivity contribution in [2.45, 2.75) is 37.6 Å². The number of amides is 2. The van der Waals surface area contributed by atoms with Gasteiger partial charge in [-0.1, -0.05) is 60.1 Å². The minimum absolute atomic E-state index is 0.302. The molecule has 1 aliphatic heterocycles. The van der Waals surface area contributed by atoms with E-state index in [-0.39, 0.29) is 0 Å². The van der Waals surface area contributed by atoms with Crippen LogP contribution in [-0.4, -0.2) is 55.5 Å². The fourth-order valence-electron chi connectivity index (χ4n) is 5.00.